The second-order valence-electron chi connectivity index (χ2n) is 5.66. The second kappa shape index (κ2) is 8.52. The SMILES string of the molecule is COCCOc1ccc(CCNC(=O)OC(C)(C)C)cc1. The van der Waals surface area contributed by atoms with Gasteiger partial charge in [0, 0.05) is 13.7 Å². The molecule has 5 heteroatoms. The van der Waals surface area contributed by atoms with Crippen LogP contribution in [0.1, 0.15) is 26.3 Å². The number of amides is 1. The number of ether oxygens (including phenoxy) is 3. The van der Waals surface area contributed by atoms with E-state index in [1.165, 1.54) is 0 Å². The molecule has 0 fully saturated rings. The second-order valence-corrected chi connectivity index (χ2v) is 5.66. The Morgan fingerprint density at radius 1 is 1.14 bits per heavy atom. The molecule has 0 radical (unpaired) electrons. The Morgan fingerprint density at radius 3 is 2.38 bits per heavy atom. The van der Waals surface area contributed by atoms with Crippen LogP contribution < -0.4 is 10.1 Å². The maximum atomic E-state index is 11.5. The first-order chi connectivity index (χ1) is 9.90. The van der Waals surface area contributed by atoms with E-state index in [-0.39, 0.29) is 6.09 Å². The summed E-state index contributed by atoms with van der Waals surface area (Å²) in [4.78, 5) is 11.5. The zero-order chi connectivity index (χ0) is 15.7. The molecule has 0 bridgehead atoms. The Kier molecular flexibility index (Phi) is 7.02. The average Bonchev–Trinajstić information content (AvgIpc) is 2.39. The van der Waals surface area contributed by atoms with Gasteiger partial charge in [-0.05, 0) is 44.9 Å². The molecule has 0 saturated heterocycles. The third kappa shape index (κ3) is 8.19. The molecule has 1 rings (SSSR count). The quantitative estimate of drug-likeness (QED) is 0.786. The molecule has 1 aromatic carbocycles. The predicted octanol–water partition coefficient (Wildman–Crippen LogP) is 2.78. The Bertz CT molecular complexity index is 423. The molecule has 0 spiro atoms. The number of alkyl carbamates (subject to hydrolysis) is 1. The molecule has 0 aliphatic rings. The third-order valence-corrected chi connectivity index (χ3v) is 2.56. The van der Waals surface area contributed by atoms with Gasteiger partial charge in [0.05, 0.1) is 6.61 Å². The van der Waals surface area contributed by atoms with Gasteiger partial charge < -0.3 is 19.5 Å². The summed E-state index contributed by atoms with van der Waals surface area (Å²) in [5, 5.41) is 2.74. The summed E-state index contributed by atoms with van der Waals surface area (Å²) in [5.41, 5.74) is 0.663. The normalized spacial score (nSPS) is 11.0. The summed E-state index contributed by atoms with van der Waals surface area (Å²) in [5.74, 6) is 0.816. The first-order valence-corrected chi connectivity index (χ1v) is 7.08. The molecular formula is C16H25NO4. The number of carbonyl (C=O) groups excluding carboxylic acids is 1. The number of benzene rings is 1. The minimum absolute atomic E-state index is 0.387. The van der Waals surface area contributed by atoms with Crippen LogP contribution in [0.25, 0.3) is 0 Å². The Morgan fingerprint density at radius 2 is 1.81 bits per heavy atom. The molecule has 0 aliphatic carbocycles. The van der Waals surface area contributed by atoms with Crippen LogP contribution in [0, 0.1) is 0 Å². The average molecular weight is 295 g/mol. The third-order valence-electron chi connectivity index (χ3n) is 2.56. The van der Waals surface area contributed by atoms with E-state index < -0.39 is 5.60 Å². The highest BCUT2D eigenvalue weighted by Crippen LogP contribution is 2.12. The van der Waals surface area contributed by atoms with E-state index in [1.807, 2.05) is 45.0 Å². The molecule has 0 aliphatic heterocycles. The molecule has 21 heavy (non-hydrogen) atoms. The van der Waals surface area contributed by atoms with Gasteiger partial charge in [-0.3, -0.25) is 0 Å². The van der Waals surface area contributed by atoms with Gasteiger partial charge in [-0.25, -0.2) is 4.79 Å². The molecule has 0 saturated carbocycles. The van der Waals surface area contributed by atoms with Crippen molar-refractivity contribution in [2.75, 3.05) is 26.9 Å². The highest BCUT2D eigenvalue weighted by molar-refractivity contribution is 5.67. The molecule has 0 unspecified atom stereocenters. The minimum Gasteiger partial charge on any atom is -0.491 e. The molecule has 1 N–H and O–H groups in total. The van der Waals surface area contributed by atoms with Crippen molar-refractivity contribution in [3.8, 4) is 5.75 Å². The van der Waals surface area contributed by atoms with Crippen LogP contribution in [-0.4, -0.2) is 38.6 Å². The standard InChI is InChI=1S/C16H25NO4/c1-16(2,3)21-15(18)17-10-9-13-5-7-14(8-6-13)20-12-11-19-4/h5-8H,9-12H2,1-4H3,(H,17,18). The van der Waals surface area contributed by atoms with Gasteiger partial charge in [0.2, 0.25) is 0 Å². The molecule has 1 amide bonds. The van der Waals surface area contributed by atoms with Crippen molar-refractivity contribution in [2.45, 2.75) is 32.8 Å². The predicted molar refractivity (Wildman–Crippen MR) is 81.8 cm³/mol. The van der Waals surface area contributed by atoms with Gasteiger partial charge in [-0.1, -0.05) is 12.1 Å². The monoisotopic (exact) mass is 295 g/mol. The van der Waals surface area contributed by atoms with Gasteiger partial charge >= 0.3 is 6.09 Å². The maximum Gasteiger partial charge on any atom is 0.407 e. The zero-order valence-corrected chi connectivity index (χ0v) is 13.3. The van der Waals surface area contributed by atoms with Crippen LogP contribution in [0.15, 0.2) is 24.3 Å². The Hall–Kier alpha value is -1.75. The Labute approximate surface area is 126 Å². The first kappa shape index (κ1) is 17.3. The number of nitrogens with one attached hydrogen (secondary N) is 1. The van der Waals surface area contributed by atoms with Crippen LogP contribution in [0.3, 0.4) is 0 Å². The largest absolute Gasteiger partial charge is 0.491 e. The van der Waals surface area contributed by atoms with Crippen molar-refractivity contribution in [3.63, 3.8) is 0 Å². The summed E-state index contributed by atoms with van der Waals surface area (Å²) in [7, 11) is 1.64. The van der Waals surface area contributed by atoms with Crippen LogP contribution >= 0.6 is 0 Å². The summed E-state index contributed by atoms with van der Waals surface area (Å²) >= 11 is 0. The van der Waals surface area contributed by atoms with E-state index in [9.17, 15) is 4.79 Å². The van der Waals surface area contributed by atoms with Crippen molar-refractivity contribution in [1.82, 2.24) is 5.32 Å². The lowest BCUT2D eigenvalue weighted by Crippen LogP contribution is -2.33. The van der Waals surface area contributed by atoms with E-state index in [2.05, 4.69) is 5.32 Å². The van der Waals surface area contributed by atoms with E-state index in [1.54, 1.807) is 7.11 Å². The van der Waals surface area contributed by atoms with E-state index in [0.717, 1.165) is 17.7 Å². The highest BCUT2D eigenvalue weighted by atomic mass is 16.6. The topological polar surface area (TPSA) is 56.8 Å². The molecular weight excluding hydrogens is 270 g/mol. The molecule has 1 aromatic rings. The van der Waals surface area contributed by atoms with E-state index in [4.69, 9.17) is 14.2 Å². The zero-order valence-electron chi connectivity index (χ0n) is 13.3. The fourth-order valence-electron chi connectivity index (χ4n) is 1.62. The summed E-state index contributed by atoms with van der Waals surface area (Å²) < 4.78 is 15.6. The van der Waals surface area contributed by atoms with Gasteiger partial charge in [-0.2, -0.15) is 0 Å². The number of hydrogen-bond donors (Lipinski definition) is 1. The maximum absolute atomic E-state index is 11.5. The van der Waals surface area contributed by atoms with Crippen LogP contribution in [0.5, 0.6) is 5.75 Å². The lowest BCUT2D eigenvalue weighted by Gasteiger charge is -2.19. The number of rotatable bonds is 7. The minimum atomic E-state index is -0.467. The summed E-state index contributed by atoms with van der Waals surface area (Å²) in [6.45, 7) is 7.18. The molecule has 0 heterocycles. The smallest absolute Gasteiger partial charge is 0.407 e. The van der Waals surface area contributed by atoms with Crippen molar-refractivity contribution < 1.29 is 19.0 Å². The lowest BCUT2D eigenvalue weighted by molar-refractivity contribution is 0.0528. The summed E-state index contributed by atoms with van der Waals surface area (Å²) in [6.07, 6.45) is 0.361. The van der Waals surface area contributed by atoms with Gasteiger partial charge in [0.1, 0.15) is 18.0 Å². The molecule has 0 atom stereocenters. The fourth-order valence-corrected chi connectivity index (χ4v) is 1.62. The highest BCUT2D eigenvalue weighted by Gasteiger charge is 2.15. The first-order valence-electron chi connectivity index (χ1n) is 7.08. The van der Waals surface area contributed by atoms with Crippen LogP contribution in [0.2, 0.25) is 0 Å². The fraction of sp³-hybridized carbons (Fsp3) is 0.562. The molecule has 0 aromatic heterocycles. The van der Waals surface area contributed by atoms with Crippen molar-refractivity contribution in [2.24, 2.45) is 0 Å². The van der Waals surface area contributed by atoms with Gasteiger partial charge in [0.15, 0.2) is 0 Å². The van der Waals surface area contributed by atoms with Crippen LogP contribution in [0.4, 0.5) is 4.79 Å². The van der Waals surface area contributed by atoms with Crippen molar-refractivity contribution >= 4 is 6.09 Å². The summed E-state index contributed by atoms with van der Waals surface area (Å²) in [6, 6.07) is 7.80. The Balaban J connectivity index is 2.28. The van der Waals surface area contributed by atoms with Crippen LogP contribution in [-0.2, 0) is 15.9 Å². The number of hydrogen-bond acceptors (Lipinski definition) is 4. The lowest BCUT2D eigenvalue weighted by atomic mass is 10.1. The molecule has 118 valence electrons. The number of methoxy groups -OCH3 is 1. The number of carbonyl (C=O) groups is 1. The van der Waals surface area contributed by atoms with Gasteiger partial charge in [-0.15, -0.1) is 0 Å². The van der Waals surface area contributed by atoms with E-state index in [0.29, 0.717) is 19.8 Å². The molecule has 5 nitrogen and oxygen atoms in total. The van der Waals surface area contributed by atoms with Crippen molar-refractivity contribution in [3.05, 3.63) is 29.8 Å². The van der Waals surface area contributed by atoms with Gasteiger partial charge in [0.25, 0.3) is 0 Å². The van der Waals surface area contributed by atoms with E-state index >= 15 is 0 Å². The van der Waals surface area contributed by atoms with Crippen molar-refractivity contribution in [1.29, 1.82) is 0 Å².